The summed E-state index contributed by atoms with van der Waals surface area (Å²) in [7, 11) is -2.29. The van der Waals surface area contributed by atoms with Gasteiger partial charge in [0.15, 0.2) is 0 Å². The molecule has 1 aliphatic heterocycles. The third kappa shape index (κ3) is 5.62. The minimum Gasteiger partial charge on any atom is -0.364 e. The van der Waals surface area contributed by atoms with Gasteiger partial charge < -0.3 is 16.0 Å². The van der Waals surface area contributed by atoms with Crippen LogP contribution in [0.1, 0.15) is 22.6 Å². The lowest BCUT2D eigenvalue weighted by Crippen LogP contribution is -2.26. The number of rotatable bonds is 7. The molecule has 1 aliphatic rings. The summed E-state index contributed by atoms with van der Waals surface area (Å²) in [6, 6.07) is 6.36. The van der Waals surface area contributed by atoms with E-state index in [1.807, 2.05) is 0 Å². The molecule has 15 heteroatoms. The summed E-state index contributed by atoms with van der Waals surface area (Å²) < 4.78 is 65.4. The van der Waals surface area contributed by atoms with Gasteiger partial charge in [-0.1, -0.05) is 0 Å². The number of amides is 1. The molecule has 1 aromatic carbocycles. The van der Waals surface area contributed by atoms with Gasteiger partial charge in [0.25, 0.3) is 0 Å². The lowest BCUT2D eigenvalue weighted by Gasteiger charge is -2.17. The van der Waals surface area contributed by atoms with Crippen molar-refractivity contribution >= 4 is 44.9 Å². The second-order valence-corrected chi connectivity index (χ2v) is 10.0. The number of carbonyl (C=O) groups excluding carboxylic acids is 1. The van der Waals surface area contributed by atoms with E-state index in [2.05, 4.69) is 35.9 Å². The quantitative estimate of drug-likeness (QED) is 0.427. The first kappa shape index (κ1) is 25.1. The monoisotopic (exact) mass is 522 g/mol. The van der Waals surface area contributed by atoms with E-state index in [-0.39, 0.29) is 42.2 Å². The summed E-state index contributed by atoms with van der Waals surface area (Å²) in [5, 5.41) is 8.16. The number of nitrogens with zero attached hydrogens (tertiary/aromatic N) is 5. The zero-order valence-electron chi connectivity index (χ0n) is 19.3. The number of hydrogen-bond acceptors (Lipinski definition) is 9. The Morgan fingerprint density at radius 1 is 1.17 bits per heavy atom. The van der Waals surface area contributed by atoms with E-state index in [9.17, 15) is 26.4 Å². The third-order valence-corrected chi connectivity index (χ3v) is 6.40. The Kier molecular flexibility index (Phi) is 6.43. The van der Waals surface area contributed by atoms with Gasteiger partial charge in [0.2, 0.25) is 21.9 Å². The Morgan fingerprint density at radius 3 is 2.61 bits per heavy atom. The molecule has 0 aliphatic carbocycles. The Morgan fingerprint density at radius 2 is 1.92 bits per heavy atom. The van der Waals surface area contributed by atoms with Crippen LogP contribution in [-0.2, 0) is 34.0 Å². The number of anilines is 5. The molecule has 0 bridgehead atoms. The van der Waals surface area contributed by atoms with E-state index in [0.29, 0.717) is 17.6 Å². The van der Waals surface area contributed by atoms with Crippen molar-refractivity contribution in [1.82, 2.24) is 19.9 Å². The number of nitrogens with one attached hydrogen (secondary N) is 3. The molecule has 36 heavy (non-hydrogen) atoms. The van der Waals surface area contributed by atoms with Crippen LogP contribution >= 0.6 is 0 Å². The van der Waals surface area contributed by atoms with Gasteiger partial charge in [0, 0.05) is 30.7 Å². The largest absolute Gasteiger partial charge is 0.421 e. The first-order chi connectivity index (χ1) is 16.8. The Hall–Kier alpha value is -4.01. The van der Waals surface area contributed by atoms with Crippen LogP contribution in [0.15, 0.2) is 30.5 Å². The number of carbonyl (C=O) groups is 1. The molecule has 0 fully saturated rings. The predicted octanol–water partition coefficient (Wildman–Crippen LogP) is 2.84. The van der Waals surface area contributed by atoms with Crippen molar-refractivity contribution in [2.75, 3.05) is 33.6 Å². The van der Waals surface area contributed by atoms with Crippen LogP contribution in [0.2, 0.25) is 0 Å². The van der Waals surface area contributed by atoms with Crippen LogP contribution in [0.5, 0.6) is 0 Å². The van der Waals surface area contributed by atoms with Gasteiger partial charge in [0.05, 0.1) is 24.9 Å². The average molecular weight is 523 g/mol. The molecule has 2 aromatic heterocycles. The maximum atomic E-state index is 13.6. The van der Waals surface area contributed by atoms with Gasteiger partial charge in [-0.2, -0.15) is 18.2 Å². The van der Waals surface area contributed by atoms with E-state index in [0.717, 1.165) is 16.1 Å². The molecular formula is C21H21F3N8O3S. The maximum Gasteiger partial charge on any atom is 0.421 e. The summed E-state index contributed by atoms with van der Waals surface area (Å²) in [6.45, 7) is 1.34. The van der Waals surface area contributed by atoms with Crippen molar-refractivity contribution in [3.8, 4) is 0 Å². The van der Waals surface area contributed by atoms with Crippen molar-refractivity contribution in [2.45, 2.75) is 26.1 Å². The fourth-order valence-corrected chi connectivity index (χ4v) is 3.86. The molecule has 3 N–H and O–H groups in total. The van der Waals surface area contributed by atoms with Crippen molar-refractivity contribution in [3.63, 3.8) is 0 Å². The average Bonchev–Trinajstić information content (AvgIpc) is 3.14. The Bertz CT molecular complexity index is 1450. The molecule has 0 spiro atoms. The fourth-order valence-electron chi connectivity index (χ4n) is 3.43. The van der Waals surface area contributed by atoms with Gasteiger partial charge in [-0.3, -0.25) is 9.10 Å². The summed E-state index contributed by atoms with van der Waals surface area (Å²) in [5.74, 6) is -0.422. The molecule has 190 valence electrons. The highest BCUT2D eigenvalue weighted by molar-refractivity contribution is 7.92. The number of halogens is 3. The van der Waals surface area contributed by atoms with E-state index >= 15 is 0 Å². The molecule has 4 rings (SSSR count). The van der Waals surface area contributed by atoms with Crippen LogP contribution in [0.4, 0.5) is 42.1 Å². The highest BCUT2D eigenvalue weighted by atomic mass is 32.2. The zero-order valence-corrected chi connectivity index (χ0v) is 20.1. The first-order valence-corrected chi connectivity index (χ1v) is 12.3. The normalized spacial score (nSPS) is 13.2. The van der Waals surface area contributed by atoms with Crippen molar-refractivity contribution < 1.29 is 26.4 Å². The minimum absolute atomic E-state index is 0.0764. The number of aromatic nitrogens is 4. The lowest BCUT2D eigenvalue weighted by atomic mass is 10.1. The van der Waals surface area contributed by atoms with E-state index in [1.165, 1.54) is 20.0 Å². The molecule has 0 radical (unpaired) electrons. The maximum absolute atomic E-state index is 13.6. The fraction of sp³-hybridized carbons (Fsp3) is 0.286. The highest BCUT2D eigenvalue weighted by Crippen LogP contribution is 2.34. The van der Waals surface area contributed by atoms with E-state index < -0.39 is 27.6 Å². The number of alkyl halides is 3. The van der Waals surface area contributed by atoms with Crippen molar-refractivity contribution in [2.24, 2.45) is 0 Å². The Balaban J connectivity index is 1.59. The smallest absolute Gasteiger partial charge is 0.364 e. The number of fused-ring (bicyclic) bond motifs is 1. The summed E-state index contributed by atoms with van der Waals surface area (Å²) in [6.07, 6.45) is -2.88. The van der Waals surface area contributed by atoms with Crippen molar-refractivity contribution in [3.05, 3.63) is 53.1 Å². The molecule has 3 heterocycles. The lowest BCUT2D eigenvalue weighted by molar-refractivity contribution is -0.137. The van der Waals surface area contributed by atoms with Gasteiger partial charge in [0.1, 0.15) is 23.0 Å². The summed E-state index contributed by atoms with van der Waals surface area (Å²) >= 11 is 0. The predicted molar refractivity (Wildman–Crippen MR) is 126 cm³/mol. The minimum atomic E-state index is -4.73. The highest BCUT2D eigenvalue weighted by Gasteiger charge is 2.35. The standard InChI is InChI=1S/C21H21F3N8O3S/c1-11-27-14(8-17(28-11)32(2)36(3,34)35)9-25-19-15(21(22,23)24)10-26-20(31-19)29-13-4-5-16-12(6-13)7-18(33)30-16/h4-6,8,10H,7,9H2,1-3H3,(H,30,33)(H2,25,26,29,31). The Labute approximate surface area is 204 Å². The number of hydrogen-bond donors (Lipinski definition) is 3. The van der Waals surface area contributed by atoms with Crippen LogP contribution in [0, 0.1) is 6.92 Å². The number of benzene rings is 1. The molecular weight excluding hydrogens is 501 g/mol. The van der Waals surface area contributed by atoms with E-state index in [1.54, 1.807) is 18.2 Å². The summed E-state index contributed by atoms with van der Waals surface area (Å²) in [5.41, 5.74) is 1.07. The SMILES string of the molecule is Cc1nc(CNc2nc(Nc3ccc4c(c3)CC(=O)N4)ncc2C(F)(F)F)cc(N(C)S(C)(=O)=O)n1. The van der Waals surface area contributed by atoms with Gasteiger partial charge in [-0.25, -0.2) is 23.4 Å². The second-order valence-electron chi connectivity index (χ2n) is 8.02. The van der Waals surface area contributed by atoms with Crippen LogP contribution in [0.25, 0.3) is 0 Å². The van der Waals surface area contributed by atoms with Crippen LogP contribution < -0.4 is 20.3 Å². The van der Waals surface area contributed by atoms with Crippen molar-refractivity contribution in [1.29, 1.82) is 0 Å². The molecule has 0 atom stereocenters. The molecule has 11 nitrogen and oxygen atoms in total. The molecule has 1 amide bonds. The van der Waals surface area contributed by atoms with Gasteiger partial charge in [-0.05, 0) is 30.7 Å². The molecule has 0 unspecified atom stereocenters. The molecule has 0 saturated carbocycles. The van der Waals surface area contributed by atoms with Gasteiger partial charge >= 0.3 is 6.18 Å². The van der Waals surface area contributed by atoms with Gasteiger partial charge in [-0.15, -0.1) is 0 Å². The second kappa shape index (κ2) is 9.22. The van der Waals surface area contributed by atoms with Crippen LogP contribution in [0.3, 0.4) is 0 Å². The molecule has 3 aromatic rings. The molecule has 0 saturated heterocycles. The third-order valence-electron chi connectivity index (χ3n) is 5.22. The number of aryl methyl sites for hydroxylation is 1. The van der Waals surface area contributed by atoms with E-state index in [4.69, 9.17) is 0 Å². The first-order valence-electron chi connectivity index (χ1n) is 10.5. The van der Waals surface area contributed by atoms with Crippen LogP contribution in [-0.4, -0.2) is 47.6 Å². The zero-order chi connectivity index (χ0) is 26.3. The topological polar surface area (TPSA) is 142 Å². The number of sulfonamides is 1. The summed E-state index contributed by atoms with van der Waals surface area (Å²) in [4.78, 5) is 27.6.